The van der Waals surface area contributed by atoms with Gasteiger partial charge in [0.05, 0.1) is 12.3 Å². The number of anilines is 1. The molecule has 1 aromatic carbocycles. The molecule has 7 heteroatoms. The van der Waals surface area contributed by atoms with Crippen LogP contribution in [-0.4, -0.2) is 28.8 Å². The summed E-state index contributed by atoms with van der Waals surface area (Å²) in [6.07, 6.45) is 0.919. The highest BCUT2D eigenvalue weighted by Crippen LogP contribution is 2.26. The Morgan fingerprint density at radius 1 is 1.48 bits per heavy atom. The molecular weight excluding hydrogens is 290 g/mol. The standard InChI is InChI=1S/C14H17N3O3S/c1-2-7-20-10-6-4-3-5-9(10)16-12(18)8-11-13(19)17-14(15)21-11/h3-6,11H,2,7-8H2,1H3,(H,16,18)(H2,15,17,19). The number of carbonyl (C=O) groups is 2. The Morgan fingerprint density at radius 2 is 2.24 bits per heavy atom. The molecule has 112 valence electrons. The van der Waals surface area contributed by atoms with Gasteiger partial charge >= 0.3 is 0 Å². The number of carbonyl (C=O) groups excluding carboxylic acids is 2. The minimum atomic E-state index is -0.534. The summed E-state index contributed by atoms with van der Waals surface area (Å²) in [5.74, 6) is -0.00432. The van der Waals surface area contributed by atoms with Crippen LogP contribution >= 0.6 is 11.8 Å². The highest BCUT2D eigenvalue weighted by molar-refractivity contribution is 8.15. The number of amidine groups is 1. The summed E-state index contributed by atoms with van der Waals surface area (Å²) in [7, 11) is 0. The van der Waals surface area contributed by atoms with E-state index >= 15 is 0 Å². The largest absolute Gasteiger partial charge is 0.491 e. The molecule has 2 amide bonds. The molecule has 3 N–H and O–H groups in total. The fourth-order valence-electron chi connectivity index (χ4n) is 1.81. The molecule has 2 rings (SSSR count). The lowest BCUT2D eigenvalue weighted by molar-refractivity contribution is -0.121. The lowest BCUT2D eigenvalue weighted by Crippen LogP contribution is -2.22. The Labute approximate surface area is 127 Å². The molecule has 0 aromatic heterocycles. The van der Waals surface area contributed by atoms with Gasteiger partial charge in [0, 0.05) is 6.42 Å². The number of amides is 2. The second kappa shape index (κ2) is 7.12. The smallest absolute Gasteiger partial charge is 0.262 e. The normalized spacial score (nSPS) is 17.5. The lowest BCUT2D eigenvalue weighted by Gasteiger charge is -2.12. The lowest BCUT2D eigenvalue weighted by atomic mass is 10.2. The molecule has 21 heavy (non-hydrogen) atoms. The van der Waals surface area contributed by atoms with E-state index in [4.69, 9.17) is 10.5 Å². The number of thioether (sulfide) groups is 1. The predicted octanol–water partition coefficient (Wildman–Crippen LogP) is 1.76. The number of nitrogens with two attached hydrogens (primary N) is 1. The zero-order chi connectivity index (χ0) is 15.2. The average molecular weight is 307 g/mol. The minimum absolute atomic E-state index is 0.0375. The van der Waals surface area contributed by atoms with Gasteiger partial charge in [-0.3, -0.25) is 9.59 Å². The minimum Gasteiger partial charge on any atom is -0.491 e. The van der Waals surface area contributed by atoms with Crippen molar-refractivity contribution in [2.24, 2.45) is 10.7 Å². The number of rotatable bonds is 6. The number of para-hydroxylation sites is 2. The quantitative estimate of drug-likeness (QED) is 0.835. The van der Waals surface area contributed by atoms with Gasteiger partial charge < -0.3 is 15.8 Å². The van der Waals surface area contributed by atoms with Gasteiger partial charge in [-0.2, -0.15) is 4.99 Å². The van der Waals surface area contributed by atoms with Crippen LogP contribution in [0.3, 0.4) is 0 Å². The Bertz CT molecular complexity index is 574. The van der Waals surface area contributed by atoms with Crippen LogP contribution < -0.4 is 15.8 Å². The van der Waals surface area contributed by atoms with Crippen LogP contribution in [0.1, 0.15) is 19.8 Å². The first-order chi connectivity index (χ1) is 10.1. The third kappa shape index (κ3) is 4.22. The summed E-state index contributed by atoms with van der Waals surface area (Å²) in [5, 5.41) is 2.44. The average Bonchev–Trinajstić information content (AvgIpc) is 2.75. The molecule has 1 aromatic rings. The maximum atomic E-state index is 12.0. The Balaban J connectivity index is 1.95. The van der Waals surface area contributed by atoms with Crippen molar-refractivity contribution in [3.63, 3.8) is 0 Å². The van der Waals surface area contributed by atoms with Gasteiger partial charge in [-0.15, -0.1) is 0 Å². The molecule has 0 saturated carbocycles. The molecule has 0 aliphatic carbocycles. The van der Waals surface area contributed by atoms with E-state index < -0.39 is 5.25 Å². The van der Waals surface area contributed by atoms with Crippen LogP contribution in [0, 0.1) is 0 Å². The van der Waals surface area contributed by atoms with E-state index in [0.717, 1.165) is 18.2 Å². The molecule has 1 heterocycles. The zero-order valence-electron chi connectivity index (χ0n) is 11.7. The predicted molar refractivity (Wildman–Crippen MR) is 83.5 cm³/mol. The van der Waals surface area contributed by atoms with Crippen LogP contribution in [0.15, 0.2) is 29.3 Å². The van der Waals surface area contributed by atoms with Crippen LogP contribution in [-0.2, 0) is 9.59 Å². The van der Waals surface area contributed by atoms with Crippen molar-refractivity contribution in [1.29, 1.82) is 0 Å². The SMILES string of the molecule is CCCOc1ccccc1NC(=O)CC1SC(N)=NC1=O. The fraction of sp³-hybridized carbons (Fsp3) is 0.357. The number of hydrogen-bond acceptors (Lipinski definition) is 5. The highest BCUT2D eigenvalue weighted by atomic mass is 32.2. The third-order valence-electron chi connectivity index (χ3n) is 2.75. The van der Waals surface area contributed by atoms with E-state index in [0.29, 0.717) is 18.0 Å². The second-order valence-electron chi connectivity index (χ2n) is 4.49. The number of nitrogens with zero attached hydrogens (tertiary/aromatic N) is 1. The second-order valence-corrected chi connectivity index (χ2v) is 5.71. The zero-order valence-corrected chi connectivity index (χ0v) is 12.5. The van der Waals surface area contributed by atoms with Crippen molar-refractivity contribution < 1.29 is 14.3 Å². The van der Waals surface area contributed by atoms with Crippen LogP contribution in [0.2, 0.25) is 0 Å². The molecule has 0 radical (unpaired) electrons. The van der Waals surface area contributed by atoms with Crippen molar-refractivity contribution in [2.45, 2.75) is 25.0 Å². The summed E-state index contributed by atoms with van der Waals surface area (Å²) in [6, 6.07) is 7.20. The van der Waals surface area contributed by atoms with Crippen molar-refractivity contribution in [3.8, 4) is 5.75 Å². The molecule has 1 aliphatic heterocycles. The van der Waals surface area contributed by atoms with Gasteiger partial charge in [-0.1, -0.05) is 30.8 Å². The first-order valence-corrected chi connectivity index (χ1v) is 7.54. The molecule has 0 saturated heterocycles. The maximum absolute atomic E-state index is 12.0. The summed E-state index contributed by atoms with van der Waals surface area (Å²) in [6.45, 7) is 2.59. The third-order valence-corrected chi connectivity index (χ3v) is 3.74. The molecule has 1 aliphatic rings. The van der Waals surface area contributed by atoms with E-state index in [9.17, 15) is 9.59 Å². The van der Waals surface area contributed by atoms with E-state index in [-0.39, 0.29) is 23.4 Å². The van der Waals surface area contributed by atoms with Gasteiger partial charge in [0.25, 0.3) is 5.91 Å². The van der Waals surface area contributed by atoms with E-state index in [2.05, 4.69) is 10.3 Å². The number of nitrogens with one attached hydrogen (secondary N) is 1. The first-order valence-electron chi connectivity index (χ1n) is 6.66. The van der Waals surface area contributed by atoms with Crippen LogP contribution in [0.25, 0.3) is 0 Å². The van der Waals surface area contributed by atoms with Crippen LogP contribution in [0.5, 0.6) is 5.75 Å². The van der Waals surface area contributed by atoms with E-state index in [1.54, 1.807) is 12.1 Å². The molecular formula is C14H17N3O3S. The monoisotopic (exact) mass is 307 g/mol. The summed E-state index contributed by atoms with van der Waals surface area (Å²) in [4.78, 5) is 27.1. The number of benzene rings is 1. The topological polar surface area (TPSA) is 93.8 Å². The number of aliphatic imine (C=N–C) groups is 1. The van der Waals surface area contributed by atoms with Crippen molar-refractivity contribution in [1.82, 2.24) is 0 Å². The molecule has 6 nitrogen and oxygen atoms in total. The summed E-state index contributed by atoms with van der Waals surface area (Å²) in [5.41, 5.74) is 6.06. The number of hydrogen-bond donors (Lipinski definition) is 2. The Kier molecular flexibility index (Phi) is 5.21. The fourth-order valence-corrected chi connectivity index (χ4v) is 2.63. The molecule has 0 spiro atoms. The van der Waals surface area contributed by atoms with Crippen molar-refractivity contribution in [3.05, 3.63) is 24.3 Å². The van der Waals surface area contributed by atoms with Crippen LogP contribution in [0.4, 0.5) is 5.69 Å². The molecule has 0 bridgehead atoms. The van der Waals surface area contributed by atoms with Gasteiger partial charge in [0.2, 0.25) is 5.91 Å². The molecule has 0 fully saturated rings. The highest BCUT2D eigenvalue weighted by Gasteiger charge is 2.29. The van der Waals surface area contributed by atoms with E-state index in [1.165, 1.54) is 0 Å². The van der Waals surface area contributed by atoms with Gasteiger partial charge in [-0.05, 0) is 18.6 Å². The van der Waals surface area contributed by atoms with Crippen molar-refractivity contribution in [2.75, 3.05) is 11.9 Å². The van der Waals surface area contributed by atoms with Gasteiger partial charge in [-0.25, -0.2) is 0 Å². The van der Waals surface area contributed by atoms with Crippen molar-refractivity contribution >= 4 is 34.4 Å². The van der Waals surface area contributed by atoms with Gasteiger partial charge in [0.1, 0.15) is 11.0 Å². The Hall–Kier alpha value is -2.02. The molecule has 1 unspecified atom stereocenters. The Morgan fingerprint density at radius 3 is 2.90 bits per heavy atom. The van der Waals surface area contributed by atoms with E-state index in [1.807, 2.05) is 19.1 Å². The first kappa shape index (κ1) is 15.4. The maximum Gasteiger partial charge on any atom is 0.262 e. The number of ether oxygens (including phenoxy) is 1. The summed E-state index contributed by atoms with van der Waals surface area (Å²) < 4.78 is 5.57. The summed E-state index contributed by atoms with van der Waals surface area (Å²) >= 11 is 1.12. The molecule has 1 atom stereocenters. The van der Waals surface area contributed by atoms with Gasteiger partial charge in [0.15, 0.2) is 5.17 Å².